The van der Waals surface area contributed by atoms with Crippen molar-refractivity contribution in [3.8, 4) is 0 Å². The highest BCUT2D eigenvalue weighted by Crippen LogP contribution is 2.12. The van der Waals surface area contributed by atoms with Crippen LogP contribution in [0.4, 0.5) is 10.5 Å². The van der Waals surface area contributed by atoms with Crippen LogP contribution in [0.1, 0.15) is 0 Å². The van der Waals surface area contributed by atoms with Gasteiger partial charge in [0.25, 0.3) is 0 Å². The molecule has 5 nitrogen and oxygen atoms in total. The molecular formula is C9H10ClN3O2. The Hall–Kier alpha value is -1.75. The second-order valence-corrected chi connectivity index (χ2v) is 3.22. The van der Waals surface area contributed by atoms with Crippen LogP contribution in [0.5, 0.6) is 0 Å². The number of hydrogen-bond donors (Lipinski definition) is 3. The van der Waals surface area contributed by atoms with Gasteiger partial charge in [0, 0.05) is 10.7 Å². The average Bonchev–Trinajstić information content (AvgIpc) is 2.19. The molecule has 0 unspecified atom stereocenters. The molecule has 6 heteroatoms. The minimum absolute atomic E-state index is 0.195. The summed E-state index contributed by atoms with van der Waals surface area (Å²) in [5.74, 6) is -0.596. The van der Waals surface area contributed by atoms with Gasteiger partial charge in [-0.3, -0.25) is 4.79 Å². The van der Waals surface area contributed by atoms with Gasteiger partial charge in [-0.1, -0.05) is 11.6 Å². The molecule has 0 radical (unpaired) electrons. The van der Waals surface area contributed by atoms with Gasteiger partial charge in [-0.05, 0) is 24.3 Å². The van der Waals surface area contributed by atoms with Gasteiger partial charge < -0.3 is 16.4 Å². The average molecular weight is 228 g/mol. The lowest BCUT2D eigenvalue weighted by molar-refractivity contribution is -0.117. The summed E-state index contributed by atoms with van der Waals surface area (Å²) in [6.45, 7) is -0.195. The van der Waals surface area contributed by atoms with Crippen LogP contribution < -0.4 is 16.4 Å². The van der Waals surface area contributed by atoms with Crippen LogP contribution in [0.3, 0.4) is 0 Å². The predicted octanol–water partition coefficient (Wildman–Crippen LogP) is 0.947. The van der Waals surface area contributed by atoms with Gasteiger partial charge in [0.2, 0.25) is 5.91 Å². The van der Waals surface area contributed by atoms with Crippen molar-refractivity contribution in [2.45, 2.75) is 0 Å². The predicted molar refractivity (Wildman–Crippen MR) is 57.7 cm³/mol. The Labute approximate surface area is 91.6 Å². The highest BCUT2D eigenvalue weighted by molar-refractivity contribution is 6.30. The maximum Gasteiger partial charge on any atom is 0.319 e. The van der Waals surface area contributed by atoms with Gasteiger partial charge in [0.15, 0.2) is 0 Å². The second-order valence-electron chi connectivity index (χ2n) is 2.78. The molecule has 0 fully saturated rings. The summed E-state index contributed by atoms with van der Waals surface area (Å²) in [6, 6.07) is 6.09. The van der Waals surface area contributed by atoms with E-state index in [-0.39, 0.29) is 6.54 Å². The molecule has 0 saturated carbocycles. The number of hydrogen-bond acceptors (Lipinski definition) is 2. The fourth-order valence-electron chi connectivity index (χ4n) is 0.876. The molecule has 0 aliphatic carbocycles. The number of primary amides is 1. The Kier molecular flexibility index (Phi) is 3.93. The quantitative estimate of drug-likeness (QED) is 0.718. The van der Waals surface area contributed by atoms with Gasteiger partial charge in [0.05, 0.1) is 6.54 Å². The molecule has 0 saturated heterocycles. The number of anilines is 1. The molecule has 0 spiro atoms. The number of nitrogens with one attached hydrogen (secondary N) is 2. The fourth-order valence-corrected chi connectivity index (χ4v) is 1.00. The van der Waals surface area contributed by atoms with Crippen LogP contribution in [0.15, 0.2) is 24.3 Å². The van der Waals surface area contributed by atoms with Gasteiger partial charge in [0.1, 0.15) is 0 Å². The maximum absolute atomic E-state index is 11.1. The lowest BCUT2D eigenvalue weighted by atomic mass is 10.3. The van der Waals surface area contributed by atoms with Crippen LogP contribution in [0.25, 0.3) is 0 Å². The van der Waals surface area contributed by atoms with Gasteiger partial charge in [-0.15, -0.1) is 0 Å². The first-order valence-electron chi connectivity index (χ1n) is 4.16. The standard InChI is InChI=1S/C9H10ClN3O2/c10-6-1-3-7(4-2-6)13-9(15)12-5-8(11)14/h1-4H,5H2,(H2,11,14)(H2,12,13,15). The van der Waals surface area contributed by atoms with E-state index in [4.69, 9.17) is 17.3 Å². The molecular weight excluding hydrogens is 218 g/mol. The molecule has 0 heterocycles. The van der Waals surface area contributed by atoms with E-state index in [1.807, 2.05) is 0 Å². The zero-order valence-corrected chi connectivity index (χ0v) is 8.54. The van der Waals surface area contributed by atoms with E-state index in [1.54, 1.807) is 24.3 Å². The number of carbonyl (C=O) groups excluding carboxylic acids is 2. The Bertz CT molecular complexity index is 364. The van der Waals surface area contributed by atoms with E-state index in [0.29, 0.717) is 10.7 Å². The summed E-state index contributed by atoms with van der Waals surface area (Å²) in [4.78, 5) is 21.5. The van der Waals surface area contributed by atoms with Crippen molar-refractivity contribution in [2.24, 2.45) is 5.73 Å². The second kappa shape index (κ2) is 5.21. The summed E-state index contributed by atoms with van der Waals surface area (Å²) in [5.41, 5.74) is 5.44. The lowest BCUT2D eigenvalue weighted by Crippen LogP contribution is -2.36. The van der Waals surface area contributed by atoms with Gasteiger partial charge in [-0.25, -0.2) is 4.79 Å². The van der Waals surface area contributed by atoms with Crippen LogP contribution in [-0.4, -0.2) is 18.5 Å². The summed E-state index contributed by atoms with van der Waals surface area (Å²) < 4.78 is 0. The zero-order chi connectivity index (χ0) is 11.3. The molecule has 4 N–H and O–H groups in total. The number of rotatable bonds is 3. The van der Waals surface area contributed by atoms with Crippen LogP contribution in [0, 0.1) is 0 Å². The van der Waals surface area contributed by atoms with Crippen molar-refractivity contribution >= 4 is 29.2 Å². The third-order valence-corrected chi connectivity index (χ3v) is 1.78. The van der Waals surface area contributed by atoms with Crippen molar-refractivity contribution in [2.75, 3.05) is 11.9 Å². The summed E-state index contributed by atoms with van der Waals surface area (Å²) >= 11 is 5.66. The molecule has 0 atom stereocenters. The largest absolute Gasteiger partial charge is 0.368 e. The van der Waals surface area contributed by atoms with Crippen molar-refractivity contribution in [3.63, 3.8) is 0 Å². The smallest absolute Gasteiger partial charge is 0.319 e. The van der Waals surface area contributed by atoms with Crippen LogP contribution >= 0.6 is 11.6 Å². The Balaban J connectivity index is 2.44. The zero-order valence-electron chi connectivity index (χ0n) is 7.79. The topological polar surface area (TPSA) is 84.2 Å². The van der Waals surface area contributed by atoms with E-state index >= 15 is 0 Å². The Morgan fingerprint density at radius 2 is 1.87 bits per heavy atom. The monoisotopic (exact) mass is 227 g/mol. The van der Waals surface area contributed by atoms with Crippen molar-refractivity contribution < 1.29 is 9.59 Å². The molecule has 15 heavy (non-hydrogen) atoms. The number of urea groups is 1. The Morgan fingerprint density at radius 1 is 1.27 bits per heavy atom. The molecule has 80 valence electrons. The SMILES string of the molecule is NC(=O)CNC(=O)Nc1ccc(Cl)cc1. The van der Waals surface area contributed by atoms with Crippen molar-refractivity contribution in [1.82, 2.24) is 5.32 Å². The first-order chi connectivity index (χ1) is 7.08. The minimum atomic E-state index is -0.596. The first-order valence-corrected chi connectivity index (χ1v) is 4.54. The number of amides is 3. The normalized spacial score (nSPS) is 9.40. The number of benzene rings is 1. The molecule has 0 aliphatic heterocycles. The van der Waals surface area contributed by atoms with E-state index in [0.717, 1.165) is 0 Å². The lowest BCUT2D eigenvalue weighted by Gasteiger charge is -2.05. The summed E-state index contributed by atoms with van der Waals surface area (Å²) in [7, 11) is 0. The number of carbonyl (C=O) groups is 2. The molecule has 0 aliphatic rings. The summed E-state index contributed by atoms with van der Waals surface area (Å²) in [6.07, 6.45) is 0. The minimum Gasteiger partial charge on any atom is -0.368 e. The van der Waals surface area contributed by atoms with Crippen molar-refractivity contribution in [3.05, 3.63) is 29.3 Å². The third kappa shape index (κ3) is 4.33. The number of nitrogens with two attached hydrogens (primary N) is 1. The first kappa shape index (κ1) is 11.3. The van der Waals surface area contributed by atoms with Gasteiger partial charge >= 0.3 is 6.03 Å². The maximum atomic E-state index is 11.1. The molecule has 1 rings (SSSR count). The van der Waals surface area contributed by atoms with Crippen molar-refractivity contribution in [1.29, 1.82) is 0 Å². The van der Waals surface area contributed by atoms with E-state index in [9.17, 15) is 9.59 Å². The van der Waals surface area contributed by atoms with Crippen LogP contribution in [0.2, 0.25) is 5.02 Å². The highest BCUT2D eigenvalue weighted by Gasteiger charge is 2.02. The van der Waals surface area contributed by atoms with Gasteiger partial charge in [-0.2, -0.15) is 0 Å². The molecule has 1 aromatic carbocycles. The molecule has 0 bridgehead atoms. The summed E-state index contributed by atoms with van der Waals surface area (Å²) in [5, 5.41) is 5.38. The third-order valence-electron chi connectivity index (χ3n) is 1.53. The van der Waals surface area contributed by atoms with E-state index in [1.165, 1.54) is 0 Å². The van der Waals surface area contributed by atoms with Crippen LogP contribution in [-0.2, 0) is 4.79 Å². The van der Waals surface area contributed by atoms with E-state index < -0.39 is 11.9 Å². The van der Waals surface area contributed by atoms with E-state index in [2.05, 4.69) is 10.6 Å². The Morgan fingerprint density at radius 3 is 2.40 bits per heavy atom. The highest BCUT2D eigenvalue weighted by atomic mass is 35.5. The fraction of sp³-hybridized carbons (Fsp3) is 0.111. The molecule has 3 amide bonds. The number of halogens is 1. The molecule has 0 aromatic heterocycles. The molecule has 1 aromatic rings.